The fourth-order valence-electron chi connectivity index (χ4n) is 2.90. The van der Waals surface area contributed by atoms with Crippen LogP contribution in [0.1, 0.15) is 31.2 Å². The van der Waals surface area contributed by atoms with E-state index < -0.39 is 0 Å². The van der Waals surface area contributed by atoms with E-state index in [2.05, 4.69) is 31.7 Å². The van der Waals surface area contributed by atoms with Crippen molar-refractivity contribution in [1.29, 1.82) is 0 Å². The normalized spacial score (nSPS) is 10.8. The van der Waals surface area contributed by atoms with Crippen LogP contribution in [0.4, 0.5) is 0 Å². The van der Waals surface area contributed by atoms with Crippen molar-refractivity contribution < 1.29 is 14.3 Å². The van der Waals surface area contributed by atoms with Crippen molar-refractivity contribution in [3.63, 3.8) is 0 Å². The van der Waals surface area contributed by atoms with Crippen molar-refractivity contribution in [3.05, 3.63) is 60.7 Å². The lowest BCUT2D eigenvalue weighted by atomic mass is 10.1. The number of aryl methyl sites for hydroxylation is 1. The number of carbonyl (C=O) groups excluding carboxylic acids is 1. The number of unbranched alkanes of at least 4 members (excludes halogenated alkanes) is 3. The summed E-state index contributed by atoms with van der Waals surface area (Å²) in [5, 5.41) is 0.990. The van der Waals surface area contributed by atoms with Gasteiger partial charge in [-0.3, -0.25) is 0 Å². The molecule has 0 aliphatic rings. The Bertz CT molecular complexity index is 915. The number of nitrogens with zero attached hydrogens (tertiary/aromatic N) is 1. The van der Waals surface area contributed by atoms with Crippen LogP contribution in [0.2, 0.25) is 0 Å². The van der Waals surface area contributed by atoms with E-state index in [1.54, 1.807) is 11.3 Å². The van der Waals surface area contributed by atoms with E-state index in [1.165, 1.54) is 16.3 Å². The molecular weight excluding hydrogens is 370 g/mol. The molecule has 0 radical (unpaired) electrons. The maximum atomic E-state index is 11.0. The number of benzene rings is 2. The summed E-state index contributed by atoms with van der Waals surface area (Å²) in [7, 11) is 0. The quantitative estimate of drug-likeness (QED) is 0.242. The van der Waals surface area contributed by atoms with Crippen molar-refractivity contribution >= 4 is 27.5 Å². The van der Waals surface area contributed by atoms with E-state index in [-0.39, 0.29) is 5.97 Å². The Morgan fingerprint density at radius 1 is 1.11 bits per heavy atom. The number of hydrogen-bond acceptors (Lipinski definition) is 5. The van der Waals surface area contributed by atoms with Crippen molar-refractivity contribution in [2.24, 2.45) is 0 Å². The largest absolute Gasteiger partial charge is 0.493 e. The number of hydrogen-bond donors (Lipinski definition) is 0. The van der Waals surface area contributed by atoms with Crippen LogP contribution in [0.15, 0.2) is 55.1 Å². The van der Waals surface area contributed by atoms with E-state index in [4.69, 9.17) is 14.5 Å². The number of aromatic nitrogens is 1. The molecular formula is C23H25NO3S. The third kappa shape index (κ3) is 5.42. The molecule has 0 bridgehead atoms. The molecule has 28 heavy (non-hydrogen) atoms. The van der Waals surface area contributed by atoms with Gasteiger partial charge in [0.1, 0.15) is 10.8 Å². The summed E-state index contributed by atoms with van der Waals surface area (Å²) < 4.78 is 12.2. The summed E-state index contributed by atoms with van der Waals surface area (Å²) >= 11 is 1.69. The van der Waals surface area contributed by atoms with Crippen LogP contribution in [-0.2, 0) is 9.53 Å². The molecule has 0 amide bonds. The van der Waals surface area contributed by atoms with E-state index >= 15 is 0 Å². The second-order valence-corrected chi connectivity index (χ2v) is 7.65. The van der Waals surface area contributed by atoms with E-state index in [9.17, 15) is 4.79 Å². The van der Waals surface area contributed by atoms with Gasteiger partial charge >= 0.3 is 5.97 Å². The smallest absolute Gasteiger partial charge is 0.330 e. The fourth-order valence-corrected chi connectivity index (χ4v) is 3.88. The van der Waals surface area contributed by atoms with Gasteiger partial charge in [0.05, 0.1) is 29.0 Å². The van der Waals surface area contributed by atoms with Crippen LogP contribution in [-0.4, -0.2) is 24.2 Å². The minimum atomic E-state index is -0.356. The lowest BCUT2D eigenvalue weighted by molar-refractivity contribution is -0.137. The van der Waals surface area contributed by atoms with Crippen LogP contribution < -0.4 is 4.74 Å². The molecule has 5 heteroatoms. The standard InChI is InChI=1S/C23H25NO3S/c1-3-22(25)27-15-9-5-4-8-14-26-20-13-12-17(2)16-18(20)23-24-19-10-6-7-11-21(19)28-23/h3,6-7,10-13,16H,1,4-5,8-9,14-15H2,2H3. The van der Waals surface area contributed by atoms with Crippen molar-refractivity contribution in [2.45, 2.75) is 32.6 Å². The average Bonchev–Trinajstić information content (AvgIpc) is 3.14. The van der Waals surface area contributed by atoms with Gasteiger partial charge < -0.3 is 9.47 Å². The highest BCUT2D eigenvalue weighted by Crippen LogP contribution is 2.36. The minimum absolute atomic E-state index is 0.356. The first-order chi connectivity index (χ1) is 13.7. The highest BCUT2D eigenvalue weighted by molar-refractivity contribution is 7.21. The Morgan fingerprint density at radius 2 is 1.89 bits per heavy atom. The Kier molecular flexibility index (Phi) is 7.20. The van der Waals surface area contributed by atoms with Gasteiger partial charge in [0.2, 0.25) is 0 Å². The first-order valence-electron chi connectivity index (χ1n) is 9.56. The molecule has 146 valence electrons. The zero-order valence-corrected chi connectivity index (χ0v) is 17.0. The molecule has 0 saturated carbocycles. The average molecular weight is 396 g/mol. The predicted molar refractivity (Wildman–Crippen MR) is 115 cm³/mol. The van der Waals surface area contributed by atoms with Crippen molar-refractivity contribution in [2.75, 3.05) is 13.2 Å². The number of para-hydroxylation sites is 1. The summed E-state index contributed by atoms with van der Waals surface area (Å²) in [6, 6.07) is 14.4. The number of fused-ring (bicyclic) bond motifs is 1. The lowest BCUT2D eigenvalue weighted by Gasteiger charge is -2.11. The Hall–Kier alpha value is -2.66. The zero-order chi connectivity index (χ0) is 19.8. The molecule has 0 saturated heterocycles. The molecule has 2 aromatic carbocycles. The number of rotatable bonds is 10. The van der Waals surface area contributed by atoms with Crippen LogP contribution >= 0.6 is 11.3 Å². The van der Waals surface area contributed by atoms with Crippen molar-refractivity contribution in [1.82, 2.24) is 4.98 Å². The molecule has 3 aromatic rings. The first-order valence-corrected chi connectivity index (χ1v) is 10.4. The van der Waals surface area contributed by atoms with Crippen LogP contribution in [0.5, 0.6) is 5.75 Å². The lowest BCUT2D eigenvalue weighted by Crippen LogP contribution is -2.02. The molecule has 0 aliphatic heterocycles. The highest BCUT2D eigenvalue weighted by Gasteiger charge is 2.12. The van der Waals surface area contributed by atoms with E-state index in [1.807, 2.05) is 24.3 Å². The topological polar surface area (TPSA) is 48.4 Å². The summed E-state index contributed by atoms with van der Waals surface area (Å²) in [5.74, 6) is 0.523. The molecule has 4 nitrogen and oxygen atoms in total. The fraction of sp³-hybridized carbons (Fsp3) is 0.304. The van der Waals surface area contributed by atoms with Crippen LogP contribution in [0, 0.1) is 6.92 Å². The third-order valence-corrected chi connectivity index (χ3v) is 5.44. The number of carbonyl (C=O) groups is 1. The first kappa shape index (κ1) is 20.1. The summed E-state index contributed by atoms with van der Waals surface area (Å²) in [4.78, 5) is 15.7. The molecule has 3 rings (SSSR count). The highest BCUT2D eigenvalue weighted by atomic mass is 32.1. The molecule has 0 N–H and O–H groups in total. The van der Waals surface area contributed by atoms with E-state index in [0.717, 1.165) is 47.5 Å². The molecule has 0 unspecified atom stereocenters. The molecule has 1 heterocycles. The number of thiazole rings is 1. The minimum Gasteiger partial charge on any atom is -0.493 e. The number of ether oxygens (including phenoxy) is 2. The van der Waals surface area contributed by atoms with Gasteiger partial charge in [-0.05, 0) is 56.9 Å². The maximum absolute atomic E-state index is 11.0. The van der Waals surface area contributed by atoms with Gasteiger partial charge in [-0.25, -0.2) is 9.78 Å². The Morgan fingerprint density at radius 3 is 2.68 bits per heavy atom. The second kappa shape index (κ2) is 10.0. The van der Waals surface area contributed by atoms with Crippen molar-refractivity contribution in [3.8, 4) is 16.3 Å². The molecule has 0 aliphatic carbocycles. The van der Waals surface area contributed by atoms with Gasteiger partial charge in [-0.2, -0.15) is 0 Å². The van der Waals surface area contributed by atoms with Gasteiger partial charge in [-0.15, -0.1) is 11.3 Å². The van der Waals surface area contributed by atoms with Gasteiger partial charge in [0.15, 0.2) is 0 Å². The predicted octanol–water partition coefficient (Wildman–Crippen LogP) is 5.94. The van der Waals surface area contributed by atoms with Gasteiger partial charge in [-0.1, -0.05) is 30.3 Å². The van der Waals surface area contributed by atoms with Crippen LogP contribution in [0.25, 0.3) is 20.8 Å². The second-order valence-electron chi connectivity index (χ2n) is 6.62. The molecule has 0 fully saturated rings. The molecule has 0 spiro atoms. The maximum Gasteiger partial charge on any atom is 0.330 e. The third-order valence-electron chi connectivity index (χ3n) is 4.37. The Labute approximate surface area is 169 Å². The molecule has 1 aromatic heterocycles. The Balaban J connectivity index is 1.53. The van der Waals surface area contributed by atoms with Gasteiger partial charge in [0.25, 0.3) is 0 Å². The SMILES string of the molecule is C=CC(=O)OCCCCCCOc1ccc(C)cc1-c1nc2ccccc2s1. The summed E-state index contributed by atoms with van der Waals surface area (Å²) in [5.41, 5.74) is 3.26. The molecule has 0 atom stereocenters. The summed E-state index contributed by atoms with van der Waals surface area (Å²) in [6.45, 7) is 6.57. The van der Waals surface area contributed by atoms with Crippen LogP contribution in [0.3, 0.4) is 0 Å². The van der Waals surface area contributed by atoms with E-state index in [0.29, 0.717) is 13.2 Å². The number of esters is 1. The monoisotopic (exact) mass is 395 g/mol. The van der Waals surface area contributed by atoms with Gasteiger partial charge in [0, 0.05) is 6.08 Å². The zero-order valence-electron chi connectivity index (χ0n) is 16.1. The summed E-state index contributed by atoms with van der Waals surface area (Å²) in [6.07, 6.45) is 5.06.